The maximum atomic E-state index is 12.4. The lowest BCUT2D eigenvalue weighted by Gasteiger charge is -2.31. The zero-order valence-electron chi connectivity index (χ0n) is 11.5. The van der Waals surface area contributed by atoms with E-state index in [1.54, 1.807) is 0 Å². The summed E-state index contributed by atoms with van der Waals surface area (Å²) in [5, 5.41) is 3.34. The molecule has 2 unspecified atom stereocenters. The second-order valence-corrected chi connectivity index (χ2v) is 5.43. The number of hydrogen-bond acceptors (Lipinski definition) is 3. The van der Waals surface area contributed by atoms with E-state index in [0.717, 1.165) is 51.9 Å². The summed E-state index contributed by atoms with van der Waals surface area (Å²) in [5.41, 5.74) is 0. The summed E-state index contributed by atoms with van der Waals surface area (Å²) in [6.07, 6.45) is 6.28. The first kappa shape index (κ1) is 13.8. The molecule has 0 aromatic heterocycles. The first-order valence-electron chi connectivity index (χ1n) is 7.43. The van der Waals surface area contributed by atoms with E-state index in [9.17, 15) is 4.79 Å². The average molecular weight is 254 g/mol. The molecule has 1 N–H and O–H groups in total. The minimum absolute atomic E-state index is 0.167. The predicted octanol–water partition coefficient (Wildman–Crippen LogP) is 1.55. The number of hydrogen-bond donors (Lipinski definition) is 1. The first-order valence-corrected chi connectivity index (χ1v) is 7.43. The van der Waals surface area contributed by atoms with Crippen molar-refractivity contribution in [1.29, 1.82) is 0 Å². The van der Waals surface area contributed by atoms with Crippen LogP contribution in [0.25, 0.3) is 0 Å². The van der Waals surface area contributed by atoms with E-state index in [1.807, 2.05) is 0 Å². The Balaban J connectivity index is 1.85. The second-order valence-electron chi connectivity index (χ2n) is 5.43. The minimum Gasteiger partial charge on any atom is -0.378 e. The van der Waals surface area contributed by atoms with Crippen LogP contribution in [0.1, 0.15) is 45.4 Å². The highest BCUT2D eigenvalue weighted by Gasteiger charge is 2.28. The zero-order valence-corrected chi connectivity index (χ0v) is 11.5. The van der Waals surface area contributed by atoms with Crippen LogP contribution in [0.2, 0.25) is 0 Å². The molecule has 2 rings (SSSR count). The smallest absolute Gasteiger partial charge is 0.225 e. The molecule has 0 spiro atoms. The van der Waals surface area contributed by atoms with Gasteiger partial charge >= 0.3 is 0 Å². The molecule has 0 aromatic carbocycles. The Morgan fingerprint density at radius 2 is 2.28 bits per heavy atom. The SMILES string of the molecule is CCCN(C(=O)CC1CCCCO1)C1CCNC1. The summed E-state index contributed by atoms with van der Waals surface area (Å²) in [6.45, 7) is 5.85. The maximum absolute atomic E-state index is 12.4. The van der Waals surface area contributed by atoms with Gasteiger partial charge in [0.2, 0.25) is 5.91 Å². The number of carbonyl (C=O) groups excluding carboxylic acids is 1. The molecule has 2 aliphatic heterocycles. The molecule has 2 saturated heterocycles. The molecule has 2 fully saturated rings. The summed E-state index contributed by atoms with van der Waals surface area (Å²) in [4.78, 5) is 14.5. The fourth-order valence-electron chi connectivity index (χ4n) is 2.94. The maximum Gasteiger partial charge on any atom is 0.225 e. The van der Waals surface area contributed by atoms with Gasteiger partial charge in [0.15, 0.2) is 0 Å². The molecule has 0 aliphatic carbocycles. The Kier molecular flexibility index (Phi) is 5.45. The van der Waals surface area contributed by atoms with E-state index >= 15 is 0 Å². The molecule has 0 radical (unpaired) electrons. The number of nitrogens with one attached hydrogen (secondary N) is 1. The summed E-state index contributed by atoms with van der Waals surface area (Å²) >= 11 is 0. The molecule has 2 heterocycles. The van der Waals surface area contributed by atoms with Crippen LogP contribution >= 0.6 is 0 Å². The number of amides is 1. The molecule has 18 heavy (non-hydrogen) atoms. The lowest BCUT2D eigenvalue weighted by atomic mass is 10.0. The van der Waals surface area contributed by atoms with Gasteiger partial charge in [-0.15, -0.1) is 0 Å². The van der Waals surface area contributed by atoms with Gasteiger partial charge in [-0.2, -0.15) is 0 Å². The standard InChI is InChI=1S/C14H26N2O2/c1-2-8-16(12-6-7-15-11-12)14(17)10-13-5-3-4-9-18-13/h12-13,15H,2-11H2,1H3. The third-order valence-electron chi connectivity index (χ3n) is 3.94. The van der Waals surface area contributed by atoms with Gasteiger partial charge in [-0.05, 0) is 38.6 Å². The van der Waals surface area contributed by atoms with E-state index in [2.05, 4.69) is 17.1 Å². The van der Waals surface area contributed by atoms with Crippen molar-refractivity contribution in [3.8, 4) is 0 Å². The average Bonchev–Trinajstić information content (AvgIpc) is 2.90. The quantitative estimate of drug-likeness (QED) is 0.809. The molecule has 4 heteroatoms. The highest BCUT2D eigenvalue weighted by atomic mass is 16.5. The lowest BCUT2D eigenvalue weighted by Crippen LogP contribution is -2.43. The Labute approximate surface area is 110 Å². The fraction of sp³-hybridized carbons (Fsp3) is 0.929. The summed E-state index contributed by atoms with van der Waals surface area (Å²) in [7, 11) is 0. The Morgan fingerprint density at radius 1 is 1.39 bits per heavy atom. The zero-order chi connectivity index (χ0) is 12.8. The van der Waals surface area contributed by atoms with Crippen molar-refractivity contribution in [2.24, 2.45) is 0 Å². The van der Waals surface area contributed by atoms with Crippen molar-refractivity contribution in [3.05, 3.63) is 0 Å². The summed E-state index contributed by atoms with van der Waals surface area (Å²) < 4.78 is 5.68. The largest absolute Gasteiger partial charge is 0.378 e. The van der Waals surface area contributed by atoms with Crippen molar-refractivity contribution in [2.45, 2.75) is 57.6 Å². The monoisotopic (exact) mass is 254 g/mol. The van der Waals surface area contributed by atoms with Crippen molar-refractivity contribution in [2.75, 3.05) is 26.2 Å². The topological polar surface area (TPSA) is 41.6 Å². The van der Waals surface area contributed by atoms with Crippen molar-refractivity contribution in [3.63, 3.8) is 0 Å². The molecule has 0 aromatic rings. The minimum atomic E-state index is 0.167. The molecular formula is C14H26N2O2. The van der Waals surface area contributed by atoms with Crippen LogP contribution in [0.5, 0.6) is 0 Å². The van der Waals surface area contributed by atoms with E-state index < -0.39 is 0 Å². The van der Waals surface area contributed by atoms with Crippen LogP contribution in [0, 0.1) is 0 Å². The molecule has 0 saturated carbocycles. The van der Waals surface area contributed by atoms with Crippen LogP contribution in [-0.2, 0) is 9.53 Å². The van der Waals surface area contributed by atoms with Crippen LogP contribution in [0.4, 0.5) is 0 Å². The highest BCUT2D eigenvalue weighted by Crippen LogP contribution is 2.18. The van der Waals surface area contributed by atoms with Gasteiger partial charge in [0.1, 0.15) is 0 Å². The van der Waals surface area contributed by atoms with Gasteiger partial charge in [-0.1, -0.05) is 6.92 Å². The van der Waals surface area contributed by atoms with Crippen LogP contribution in [0.15, 0.2) is 0 Å². The Hall–Kier alpha value is -0.610. The Bertz CT molecular complexity index is 259. The van der Waals surface area contributed by atoms with Gasteiger partial charge in [-0.25, -0.2) is 0 Å². The molecule has 1 amide bonds. The summed E-state index contributed by atoms with van der Waals surface area (Å²) in [6, 6.07) is 0.404. The molecule has 4 nitrogen and oxygen atoms in total. The van der Waals surface area contributed by atoms with Gasteiger partial charge in [0.25, 0.3) is 0 Å². The number of nitrogens with zero attached hydrogens (tertiary/aromatic N) is 1. The van der Waals surface area contributed by atoms with Gasteiger partial charge in [-0.3, -0.25) is 4.79 Å². The lowest BCUT2D eigenvalue weighted by molar-refractivity contribution is -0.137. The number of ether oxygens (including phenoxy) is 1. The molecule has 2 atom stereocenters. The van der Waals surface area contributed by atoms with E-state index in [4.69, 9.17) is 4.74 Å². The molecule has 2 aliphatic rings. The Morgan fingerprint density at radius 3 is 2.89 bits per heavy atom. The summed E-state index contributed by atoms with van der Waals surface area (Å²) in [5.74, 6) is 0.289. The van der Waals surface area contributed by atoms with Gasteiger partial charge in [0.05, 0.1) is 12.5 Å². The second kappa shape index (κ2) is 7.10. The molecular weight excluding hydrogens is 228 g/mol. The van der Waals surface area contributed by atoms with Crippen LogP contribution in [0.3, 0.4) is 0 Å². The van der Waals surface area contributed by atoms with Crippen LogP contribution in [-0.4, -0.2) is 49.2 Å². The molecule has 104 valence electrons. The van der Waals surface area contributed by atoms with Gasteiger partial charge in [0, 0.05) is 25.7 Å². The number of rotatable bonds is 5. The van der Waals surface area contributed by atoms with Crippen molar-refractivity contribution in [1.82, 2.24) is 10.2 Å². The van der Waals surface area contributed by atoms with E-state index in [0.29, 0.717) is 12.5 Å². The third-order valence-corrected chi connectivity index (χ3v) is 3.94. The molecule has 0 bridgehead atoms. The van der Waals surface area contributed by atoms with Crippen LogP contribution < -0.4 is 5.32 Å². The highest BCUT2D eigenvalue weighted by molar-refractivity contribution is 5.77. The number of carbonyl (C=O) groups is 1. The van der Waals surface area contributed by atoms with Gasteiger partial charge < -0.3 is 15.0 Å². The van der Waals surface area contributed by atoms with Crippen molar-refractivity contribution < 1.29 is 9.53 Å². The fourth-order valence-corrected chi connectivity index (χ4v) is 2.94. The normalized spacial score (nSPS) is 28.3. The first-order chi connectivity index (χ1) is 8.81. The van der Waals surface area contributed by atoms with E-state index in [1.165, 1.54) is 6.42 Å². The third kappa shape index (κ3) is 3.69. The van der Waals surface area contributed by atoms with Crippen molar-refractivity contribution >= 4 is 5.91 Å². The predicted molar refractivity (Wildman–Crippen MR) is 71.5 cm³/mol. The van der Waals surface area contributed by atoms with E-state index in [-0.39, 0.29) is 12.0 Å².